The molecule has 0 amide bonds. The Labute approximate surface area is 106 Å². The minimum absolute atomic E-state index is 0.831. The first-order valence-electron chi connectivity index (χ1n) is 4.81. The highest BCUT2D eigenvalue weighted by atomic mass is 32.1. The predicted molar refractivity (Wildman–Crippen MR) is 72.0 cm³/mol. The van der Waals surface area contributed by atoms with Crippen LogP contribution in [0.1, 0.15) is 15.4 Å². The van der Waals surface area contributed by atoms with Gasteiger partial charge in [-0.2, -0.15) is 11.3 Å². The molecular formula is C12H9NO2S2. The van der Waals surface area contributed by atoms with Gasteiger partial charge >= 0.3 is 5.97 Å². The van der Waals surface area contributed by atoms with E-state index < -0.39 is 5.97 Å². The summed E-state index contributed by atoms with van der Waals surface area (Å²) in [4.78, 5) is 15.4. The average molecular weight is 263 g/mol. The summed E-state index contributed by atoms with van der Waals surface area (Å²) in [5, 5.41) is 13.4. The van der Waals surface area contributed by atoms with Crippen LogP contribution in [0.5, 0.6) is 0 Å². The second-order valence-corrected chi connectivity index (χ2v) is 5.04. The molecule has 0 atom stereocenters. The highest BCUT2D eigenvalue weighted by molar-refractivity contribution is 7.13. The van der Waals surface area contributed by atoms with Gasteiger partial charge in [0, 0.05) is 17.2 Å². The lowest BCUT2D eigenvalue weighted by Gasteiger charge is -1.82. The van der Waals surface area contributed by atoms with Crippen molar-refractivity contribution >= 4 is 46.9 Å². The van der Waals surface area contributed by atoms with E-state index in [0.29, 0.717) is 0 Å². The number of nitrogens with zero attached hydrogens (tertiary/aromatic N) is 1. The van der Waals surface area contributed by atoms with Crippen molar-refractivity contribution in [2.45, 2.75) is 0 Å². The molecule has 0 aromatic carbocycles. The number of carboxylic acid groups (broad SMARTS) is 1. The molecule has 2 rings (SSSR count). The Morgan fingerprint density at radius 1 is 1.35 bits per heavy atom. The minimum atomic E-state index is -0.950. The molecule has 2 aromatic rings. The number of hydrogen-bond acceptors (Lipinski definition) is 4. The van der Waals surface area contributed by atoms with Gasteiger partial charge in [-0.1, -0.05) is 6.08 Å². The summed E-state index contributed by atoms with van der Waals surface area (Å²) < 4.78 is 0. The Morgan fingerprint density at radius 2 is 2.24 bits per heavy atom. The van der Waals surface area contributed by atoms with E-state index in [-0.39, 0.29) is 0 Å². The van der Waals surface area contributed by atoms with Crippen molar-refractivity contribution in [1.29, 1.82) is 0 Å². The SMILES string of the molecule is O=C(O)C=Cc1cnc(C=Cc2ccsc2)s1. The van der Waals surface area contributed by atoms with Gasteiger partial charge in [0.05, 0.1) is 0 Å². The molecule has 2 heterocycles. The molecule has 0 saturated heterocycles. The quantitative estimate of drug-likeness (QED) is 0.859. The Morgan fingerprint density at radius 3 is 2.94 bits per heavy atom. The Kier molecular flexibility index (Phi) is 3.85. The zero-order valence-electron chi connectivity index (χ0n) is 8.74. The highest BCUT2D eigenvalue weighted by Gasteiger charge is 1.96. The van der Waals surface area contributed by atoms with Crippen molar-refractivity contribution in [2.75, 3.05) is 0 Å². The van der Waals surface area contributed by atoms with Crippen molar-refractivity contribution in [3.63, 3.8) is 0 Å². The van der Waals surface area contributed by atoms with Crippen LogP contribution in [0.4, 0.5) is 0 Å². The molecule has 0 bridgehead atoms. The molecule has 0 radical (unpaired) electrons. The van der Waals surface area contributed by atoms with Gasteiger partial charge in [0.25, 0.3) is 0 Å². The van der Waals surface area contributed by atoms with Gasteiger partial charge in [-0.15, -0.1) is 11.3 Å². The van der Waals surface area contributed by atoms with Crippen molar-refractivity contribution in [3.8, 4) is 0 Å². The summed E-state index contributed by atoms with van der Waals surface area (Å²) in [5.74, 6) is -0.950. The molecule has 86 valence electrons. The zero-order valence-corrected chi connectivity index (χ0v) is 10.4. The molecule has 0 fully saturated rings. The van der Waals surface area contributed by atoms with E-state index in [2.05, 4.69) is 10.4 Å². The molecule has 0 aliphatic heterocycles. The maximum Gasteiger partial charge on any atom is 0.328 e. The van der Waals surface area contributed by atoms with Crippen LogP contribution < -0.4 is 0 Å². The summed E-state index contributed by atoms with van der Waals surface area (Å²) in [5.41, 5.74) is 1.15. The van der Waals surface area contributed by atoms with Crippen LogP contribution in [0.2, 0.25) is 0 Å². The minimum Gasteiger partial charge on any atom is -0.478 e. The number of rotatable bonds is 4. The predicted octanol–water partition coefficient (Wildman–Crippen LogP) is 3.47. The van der Waals surface area contributed by atoms with Crippen LogP contribution in [0.15, 0.2) is 29.1 Å². The van der Waals surface area contributed by atoms with Crippen molar-refractivity contribution in [1.82, 2.24) is 4.98 Å². The maximum atomic E-state index is 10.3. The topological polar surface area (TPSA) is 50.2 Å². The van der Waals surface area contributed by atoms with E-state index in [4.69, 9.17) is 5.11 Å². The van der Waals surface area contributed by atoms with Gasteiger partial charge in [-0.3, -0.25) is 0 Å². The lowest BCUT2D eigenvalue weighted by molar-refractivity contribution is -0.131. The van der Waals surface area contributed by atoms with Crippen LogP contribution in [-0.2, 0) is 4.79 Å². The third-order valence-corrected chi connectivity index (χ3v) is 3.52. The van der Waals surface area contributed by atoms with Crippen LogP contribution in [-0.4, -0.2) is 16.1 Å². The highest BCUT2D eigenvalue weighted by Crippen LogP contribution is 2.17. The Bertz CT molecular complexity index is 553. The van der Waals surface area contributed by atoms with Crippen LogP contribution in [0, 0.1) is 0 Å². The third kappa shape index (κ3) is 3.65. The Hall–Kier alpha value is -1.72. The third-order valence-electron chi connectivity index (χ3n) is 1.89. The molecule has 17 heavy (non-hydrogen) atoms. The van der Waals surface area contributed by atoms with Gasteiger partial charge in [-0.25, -0.2) is 9.78 Å². The summed E-state index contributed by atoms with van der Waals surface area (Å²) in [7, 11) is 0. The number of carboxylic acids is 1. The molecule has 0 aliphatic rings. The van der Waals surface area contributed by atoms with Crippen LogP contribution in [0.25, 0.3) is 18.2 Å². The van der Waals surface area contributed by atoms with E-state index >= 15 is 0 Å². The van der Waals surface area contributed by atoms with E-state index in [9.17, 15) is 4.79 Å². The van der Waals surface area contributed by atoms with Gasteiger partial charge < -0.3 is 5.11 Å². The second-order valence-electron chi connectivity index (χ2n) is 3.16. The van der Waals surface area contributed by atoms with Crippen molar-refractivity contribution < 1.29 is 9.90 Å². The number of aromatic nitrogens is 1. The monoisotopic (exact) mass is 263 g/mol. The summed E-state index contributed by atoms with van der Waals surface area (Å²) in [6, 6.07) is 2.03. The number of thiophene rings is 1. The summed E-state index contributed by atoms with van der Waals surface area (Å²) in [6.07, 6.45) is 8.23. The largest absolute Gasteiger partial charge is 0.478 e. The number of thiazole rings is 1. The average Bonchev–Trinajstić information content (AvgIpc) is 2.95. The molecule has 5 heteroatoms. The zero-order chi connectivity index (χ0) is 12.1. The van der Waals surface area contributed by atoms with Gasteiger partial charge in [0.1, 0.15) is 5.01 Å². The smallest absolute Gasteiger partial charge is 0.328 e. The standard InChI is InChI=1S/C12H9NO2S2/c14-12(15)4-2-10-7-13-11(17-10)3-1-9-5-6-16-8-9/h1-8H,(H,14,15). The van der Waals surface area contributed by atoms with E-state index in [1.807, 2.05) is 23.6 Å². The van der Waals surface area contributed by atoms with E-state index in [1.165, 1.54) is 11.3 Å². The second kappa shape index (κ2) is 5.56. The van der Waals surface area contributed by atoms with Gasteiger partial charge in [0.15, 0.2) is 0 Å². The molecule has 0 saturated carbocycles. The van der Waals surface area contributed by atoms with Crippen LogP contribution >= 0.6 is 22.7 Å². The summed E-state index contributed by atoms with van der Waals surface area (Å²) in [6.45, 7) is 0. The van der Waals surface area contributed by atoms with E-state index in [1.54, 1.807) is 23.6 Å². The molecule has 0 unspecified atom stereocenters. The van der Waals surface area contributed by atoms with E-state index in [0.717, 1.165) is 21.5 Å². The fourth-order valence-corrected chi connectivity index (χ4v) is 2.50. The first kappa shape index (κ1) is 11.8. The van der Waals surface area contributed by atoms with Gasteiger partial charge in [-0.05, 0) is 34.5 Å². The number of aliphatic carboxylic acids is 1. The van der Waals surface area contributed by atoms with Gasteiger partial charge in [0.2, 0.25) is 0 Å². The molecule has 2 aromatic heterocycles. The molecule has 3 nitrogen and oxygen atoms in total. The lowest BCUT2D eigenvalue weighted by atomic mass is 10.3. The first-order valence-corrected chi connectivity index (χ1v) is 6.57. The first-order chi connectivity index (χ1) is 8.24. The Balaban J connectivity index is 2.06. The molecular weight excluding hydrogens is 254 g/mol. The maximum absolute atomic E-state index is 10.3. The normalized spacial score (nSPS) is 11.5. The van der Waals surface area contributed by atoms with Crippen molar-refractivity contribution in [2.24, 2.45) is 0 Å². The van der Waals surface area contributed by atoms with Crippen molar-refractivity contribution in [3.05, 3.63) is 44.5 Å². The number of carbonyl (C=O) groups is 1. The van der Waals surface area contributed by atoms with Crippen LogP contribution in [0.3, 0.4) is 0 Å². The molecule has 0 spiro atoms. The fraction of sp³-hybridized carbons (Fsp3) is 0. The summed E-state index contributed by atoms with van der Waals surface area (Å²) >= 11 is 3.10. The number of hydrogen-bond donors (Lipinski definition) is 1. The fourth-order valence-electron chi connectivity index (χ4n) is 1.15. The molecule has 0 aliphatic carbocycles. The molecule has 1 N–H and O–H groups in total. The lowest BCUT2D eigenvalue weighted by Crippen LogP contribution is -1.84.